The van der Waals surface area contributed by atoms with Crippen LogP contribution >= 0.6 is 22.6 Å². The number of pyridine rings is 1. The van der Waals surface area contributed by atoms with Crippen LogP contribution < -0.4 is 16.2 Å². The molecule has 2 N–H and O–H groups in total. The summed E-state index contributed by atoms with van der Waals surface area (Å²) in [6.45, 7) is 2.39. The third-order valence-corrected chi connectivity index (χ3v) is 13.3. The third kappa shape index (κ3) is 7.31. The number of rotatable bonds is 2. The Labute approximate surface area is 293 Å². The van der Waals surface area contributed by atoms with Crippen molar-refractivity contribution in [1.29, 1.82) is 0 Å². The smallest absolute Gasteiger partial charge is 0.278 e. The van der Waals surface area contributed by atoms with E-state index in [-0.39, 0.29) is 47.4 Å². The second-order valence-electron chi connectivity index (χ2n) is 13.7. The zero-order valence-electron chi connectivity index (χ0n) is 27.2. The van der Waals surface area contributed by atoms with Crippen LogP contribution in [0.15, 0.2) is 34.1 Å². The molecule has 2 aromatic rings. The van der Waals surface area contributed by atoms with E-state index in [1.165, 1.54) is 12.1 Å². The number of piperidine rings is 1. The maximum Gasteiger partial charge on any atom is 0.278 e. The first kappa shape index (κ1) is 35.6. The highest BCUT2D eigenvalue weighted by Gasteiger charge is 2.45. The molecule has 0 aliphatic carbocycles. The van der Waals surface area contributed by atoms with Crippen LogP contribution in [0.4, 0.5) is 23.4 Å². The lowest BCUT2D eigenvalue weighted by atomic mass is 9.85. The standard InChI is InChI=1S/C34H44F4IN5O3S/c1-21-40-31-27-19-26(22-12-17-48(46,47)18-13-22)33(45)44(32(27)41-21)14-5-3-2-4-7-24(20-35)43-15-10-23(11-16-43)34(37,38)28-9-6-8-25(29(28)36)30(39)42-31/h6,8-9,19,21-24,30,41H,2-5,7,10-18,20H2,1H3,(H,40,42)/t21?,24?,30-/m0/s1. The number of sulfone groups is 1. The average Bonchev–Trinajstić information content (AvgIpc) is 3.05. The molecule has 7 rings (SSSR count). The molecule has 6 heterocycles. The highest BCUT2D eigenvalue weighted by molar-refractivity contribution is 14.1. The quantitative estimate of drug-likeness (QED) is 0.153. The van der Waals surface area contributed by atoms with Gasteiger partial charge in [0.15, 0.2) is 0 Å². The number of nitrogens with one attached hydrogen (secondary N) is 2. The van der Waals surface area contributed by atoms with Crippen molar-refractivity contribution in [1.82, 2.24) is 14.8 Å². The molecule has 0 spiro atoms. The second kappa shape index (κ2) is 14.6. The van der Waals surface area contributed by atoms with E-state index >= 15 is 13.2 Å². The van der Waals surface area contributed by atoms with Gasteiger partial charge in [-0.3, -0.25) is 14.3 Å². The van der Waals surface area contributed by atoms with Crippen LogP contribution in [0, 0.1) is 11.7 Å². The SMILES string of the molecule is CC1N=C2N[C@H](I)c3cccc(c3F)C(F)(F)C3CCN(CC3)C(CF)CCCCCCn3c(c2cc(C2CCS(=O)(=O)CC2)c3=O)N1. The summed E-state index contributed by atoms with van der Waals surface area (Å²) in [5, 5.41) is 6.60. The summed E-state index contributed by atoms with van der Waals surface area (Å²) < 4.78 is 87.7. The van der Waals surface area contributed by atoms with Crippen molar-refractivity contribution in [2.75, 3.05) is 36.6 Å². The second-order valence-corrected chi connectivity index (χ2v) is 17.3. The van der Waals surface area contributed by atoms with Gasteiger partial charge in [-0.05, 0) is 70.5 Å². The number of anilines is 1. The highest BCUT2D eigenvalue weighted by Crippen LogP contribution is 2.44. The fourth-order valence-electron chi connectivity index (χ4n) is 7.75. The highest BCUT2D eigenvalue weighted by atomic mass is 127. The molecule has 2 unspecified atom stereocenters. The maximum absolute atomic E-state index is 16.1. The van der Waals surface area contributed by atoms with Gasteiger partial charge < -0.3 is 10.6 Å². The van der Waals surface area contributed by atoms with Crippen molar-refractivity contribution in [3.05, 3.63) is 62.7 Å². The van der Waals surface area contributed by atoms with Crippen LogP contribution in [-0.2, 0) is 22.3 Å². The summed E-state index contributed by atoms with van der Waals surface area (Å²) in [5.74, 6) is -4.69. The van der Waals surface area contributed by atoms with Crippen molar-refractivity contribution in [3.8, 4) is 0 Å². The normalized spacial score (nSPS) is 29.5. The Balaban J connectivity index is 1.40. The van der Waals surface area contributed by atoms with E-state index in [2.05, 4.69) is 10.6 Å². The summed E-state index contributed by atoms with van der Waals surface area (Å²) in [6.07, 6.45) is 4.32. The van der Waals surface area contributed by atoms with Gasteiger partial charge in [0.2, 0.25) is 0 Å². The number of alkyl halides is 4. The number of aliphatic imine (C=N–C) groups is 1. The molecule has 0 amide bonds. The van der Waals surface area contributed by atoms with Crippen LogP contribution in [0.1, 0.15) is 96.9 Å². The van der Waals surface area contributed by atoms with Crippen LogP contribution in [0.5, 0.6) is 0 Å². The molecule has 264 valence electrons. The van der Waals surface area contributed by atoms with E-state index in [1.807, 2.05) is 34.4 Å². The zero-order chi connectivity index (χ0) is 34.2. The molecule has 8 bridgehead atoms. The first-order valence-corrected chi connectivity index (χ1v) is 20.2. The van der Waals surface area contributed by atoms with Crippen LogP contribution in [0.25, 0.3) is 0 Å². The Morgan fingerprint density at radius 2 is 1.69 bits per heavy atom. The molecule has 1 aromatic carbocycles. The largest absolute Gasteiger partial charge is 0.354 e. The molecule has 14 heteroatoms. The van der Waals surface area contributed by atoms with Crippen molar-refractivity contribution in [3.63, 3.8) is 0 Å². The molecular formula is C34H44F4IN5O3S. The number of fused-ring (bicyclic) bond motifs is 9. The Kier molecular flexibility index (Phi) is 10.8. The third-order valence-electron chi connectivity index (χ3n) is 10.6. The predicted octanol–water partition coefficient (Wildman–Crippen LogP) is 6.63. The van der Waals surface area contributed by atoms with E-state index in [1.54, 1.807) is 10.6 Å². The lowest BCUT2D eigenvalue weighted by molar-refractivity contribution is -0.0917. The summed E-state index contributed by atoms with van der Waals surface area (Å²) >= 11 is 1.99. The Hall–Kier alpha value is -2.20. The van der Waals surface area contributed by atoms with E-state index in [0.717, 1.165) is 25.3 Å². The summed E-state index contributed by atoms with van der Waals surface area (Å²) in [5.41, 5.74) is 0.364. The molecule has 0 saturated carbocycles. The Morgan fingerprint density at radius 3 is 2.40 bits per heavy atom. The van der Waals surface area contributed by atoms with Gasteiger partial charge in [0, 0.05) is 29.6 Å². The van der Waals surface area contributed by atoms with Crippen molar-refractivity contribution >= 4 is 44.1 Å². The van der Waals surface area contributed by atoms with Crippen LogP contribution in [0.2, 0.25) is 0 Å². The van der Waals surface area contributed by atoms with Crippen LogP contribution in [-0.4, -0.2) is 67.2 Å². The number of hydrogen-bond acceptors (Lipinski definition) is 7. The average molecular weight is 806 g/mol. The van der Waals surface area contributed by atoms with Crippen LogP contribution in [0.3, 0.4) is 0 Å². The maximum atomic E-state index is 16.1. The predicted molar refractivity (Wildman–Crippen MR) is 188 cm³/mol. The van der Waals surface area contributed by atoms with Gasteiger partial charge in [-0.15, -0.1) is 0 Å². The minimum Gasteiger partial charge on any atom is -0.354 e. The van der Waals surface area contributed by atoms with Gasteiger partial charge in [-0.1, -0.05) is 60.1 Å². The van der Waals surface area contributed by atoms with Gasteiger partial charge in [0.1, 0.15) is 44.2 Å². The molecular weight excluding hydrogens is 761 g/mol. The molecule has 0 radical (unpaired) electrons. The molecule has 48 heavy (non-hydrogen) atoms. The molecule has 8 nitrogen and oxygen atoms in total. The van der Waals surface area contributed by atoms with E-state index < -0.39 is 49.9 Å². The number of benzene rings is 1. The minimum absolute atomic E-state index is 0.0108. The van der Waals surface area contributed by atoms with E-state index in [9.17, 15) is 17.6 Å². The lowest BCUT2D eigenvalue weighted by Crippen LogP contribution is -2.45. The number of nitrogens with zero attached hydrogens (tertiary/aromatic N) is 3. The first-order chi connectivity index (χ1) is 22.9. The summed E-state index contributed by atoms with van der Waals surface area (Å²) in [7, 11) is -3.15. The monoisotopic (exact) mass is 805 g/mol. The van der Waals surface area contributed by atoms with Gasteiger partial charge in [-0.25, -0.2) is 31.0 Å². The lowest BCUT2D eigenvalue weighted by Gasteiger charge is -2.39. The van der Waals surface area contributed by atoms with Crippen molar-refractivity contribution in [2.24, 2.45) is 10.9 Å². The van der Waals surface area contributed by atoms with E-state index in [0.29, 0.717) is 68.1 Å². The number of aromatic nitrogens is 1. The molecule has 5 aliphatic rings. The zero-order valence-corrected chi connectivity index (χ0v) is 30.1. The topological polar surface area (TPSA) is 95.8 Å². The number of halogens is 5. The Bertz CT molecular complexity index is 1680. The fourth-order valence-corrected chi connectivity index (χ4v) is 10.0. The fraction of sp³-hybridized carbons (Fsp3) is 0.647. The minimum atomic E-state index is -3.40. The summed E-state index contributed by atoms with van der Waals surface area (Å²) in [6, 6.07) is 5.53. The van der Waals surface area contributed by atoms with Gasteiger partial charge in [-0.2, -0.15) is 0 Å². The Morgan fingerprint density at radius 1 is 0.979 bits per heavy atom. The molecule has 2 saturated heterocycles. The number of hydrogen-bond donors (Lipinski definition) is 2. The molecule has 1 aromatic heterocycles. The molecule has 3 atom stereocenters. The first-order valence-electron chi connectivity index (χ1n) is 17.1. The van der Waals surface area contributed by atoms with Gasteiger partial charge in [0.05, 0.1) is 22.6 Å². The summed E-state index contributed by atoms with van der Waals surface area (Å²) in [4.78, 5) is 20.8. The number of amidine groups is 1. The van der Waals surface area contributed by atoms with E-state index in [4.69, 9.17) is 4.99 Å². The van der Waals surface area contributed by atoms with Crippen molar-refractivity contribution < 1.29 is 26.0 Å². The van der Waals surface area contributed by atoms with Gasteiger partial charge in [0.25, 0.3) is 11.5 Å². The molecule has 5 aliphatic heterocycles. The van der Waals surface area contributed by atoms with Crippen molar-refractivity contribution in [2.45, 2.75) is 99.4 Å². The molecule has 2 fully saturated rings. The van der Waals surface area contributed by atoms with Gasteiger partial charge >= 0.3 is 0 Å².